The number of halogens is 1. The van der Waals surface area contributed by atoms with Crippen LogP contribution in [-0.4, -0.2) is 65.5 Å². The van der Waals surface area contributed by atoms with Crippen LogP contribution in [0.15, 0.2) is 24.3 Å². The third-order valence-electron chi connectivity index (χ3n) is 3.99. The van der Waals surface area contributed by atoms with Crippen LogP contribution in [0.3, 0.4) is 0 Å². The van der Waals surface area contributed by atoms with E-state index in [1.807, 2.05) is 0 Å². The zero-order valence-electron chi connectivity index (χ0n) is 13.9. The van der Waals surface area contributed by atoms with Gasteiger partial charge in [0.15, 0.2) is 0 Å². The molecule has 1 fully saturated rings. The predicted octanol–water partition coefficient (Wildman–Crippen LogP) is 1.55. The quantitative estimate of drug-likeness (QED) is 0.788. The van der Waals surface area contributed by atoms with E-state index >= 15 is 0 Å². The first-order valence-corrected chi connectivity index (χ1v) is 8.27. The minimum Gasteiger partial charge on any atom is -0.481 e. The molecule has 136 valence electrons. The molecule has 25 heavy (non-hydrogen) atoms. The molecule has 0 aliphatic carbocycles. The second-order valence-corrected chi connectivity index (χ2v) is 5.87. The average Bonchev–Trinajstić information content (AvgIpc) is 2.84. The summed E-state index contributed by atoms with van der Waals surface area (Å²) in [6.45, 7) is 2.06. The number of aliphatic carboxylic acids is 1. The first-order chi connectivity index (χ1) is 12.0. The number of carbonyl (C=O) groups is 3. The minimum absolute atomic E-state index is 0.0101. The molecule has 1 aliphatic rings. The fraction of sp³-hybridized carbons (Fsp3) is 0.471. The number of hydrogen-bond donors (Lipinski definition) is 2. The van der Waals surface area contributed by atoms with E-state index in [1.165, 1.54) is 18.2 Å². The standard InChI is InChI=1S/C17H22FN3O4/c18-14-5-1-4-13(12-14)16(24)20-8-3-9-21(11-10-20)17(25)19-7-2-6-15(22)23/h1,4-5,12H,2-3,6-11H2,(H,19,25)(H,22,23). The Morgan fingerprint density at radius 2 is 1.84 bits per heavy atom. The van der Waals surface area contributed by atoms with E-state index in [4.69, 9.17) is 5.11 Å². The van der Waals surface area contributed by atoms with Crippen molar-refractivity contribution in [2.45, 2.75) is 19.3 Å². The van der Waals surface area contributed by atoms with Gasteiger partial charge in [-0.2, -0.15) is 0 Å². The van der Waals surface area contributed by atoms with Crippen molar-refractivity contribution in [1.82, 2.24) is 15.1 Å². The van der Waals surface area contributed by atoms with Crippen LogP contribution in [-0.2, 0) is 4.79 Å². The SMILES string of the molecule is O=C(O)CCCNC(=O)N1CCCN(C(=O)c2cccc(F)c2)CC1. The van der Waals surface area contributed by atoms with Crippen molar-refractivity contribution in [3.63, 3.8) is 0 Å². The number of urea groups is 1. The van der Waals surface area contributed by atoms with Crippen molar-refractivity contribution in [2.24, 2.45) is 0 Å². The zero-order chi connectivity index (χ0) is 18.2. The summed E-state index contributed by atoms with van der Waals surface area (Å²) in [7, 11) is 0. The molecule has 2 rings (SSSR count). The molecule has 0 spiro atoms. The Bertz CT molecular complexity index is 638. The second kappa shape index (κ2) is 9.00. The molecule has 3 amide bonds. The van der Waals surface area contributed by atoms with Gasteiger partial charge in [-0.15, -0.1) is 0 Å². The molecule has 0 unspecified atom stereocenters. The summed E-state index contributed by atoms with van der Waals surface area (Å²) in [5.41, 5.74) is 0.298. The third kappa shape index (κ3) is 5.74. The average molecular weight is 351 g/mol. The molecule has 1 aromatic carbocycles. The van der Waals surface area contributed by atoms with Crippen LogP contribution in [0.25, 0.3) is 0 Å². The van der Waals surface area contributed by atoms with Gasteiger partial charge in [0.05, 0.1) is 0 Å². The Balaban J connectivity index is 1.84. The van der Waals surface area contributed by atoms with Crippen LogP contribution < -0.4 is 5.32 Å². The van der Waals surface area contributed by atoms with E-state index in [0.717, 1.165) is 0 Å². The van der Waals surface area contributed by atoms with Crippen molar-refractivity contribution in [3.05, 3.63) is 35.6 Å². The second-order valence-electron chi connectivity index (χ2n) is 5.87. The fourth-order valence-corrected chi connectivity index (χ4v) is 2.67. The summed E-state index contributed by atoms with van der Waals surface area (Å²) in [5.74, 6) is -1.60. The van der Waals surface area contributed by atoms with Gasteiger partial charge in [-0.25, -0.2) is 9.18 Å². The highest BCUT2D eigenvalue weighted by Gasteiger charge is 2.22. The molecule has 0 aromatic heterocycles. The number of rotatable bonds is 5. The highest BCUT2D eigenvalue weighted by Crippen LogP contribution is 2.11. The number of benzene rings is 1. The van der Waals surface area contributed by atoms with Crippen molar-refractivity contribution >= 4 is 17.9 Å². The first-order valence-electron chi connectivity index (χ1n) is 8.27. The summed E-state index contributed by atoms with van der Waals surface area (Å²) in [6.07, 6.45) is 1.01. The molecule has 1 aromatic rings. The van der Waals surface area contributed by atoms with Crippen molar-refractivity contribution < 1.29 is 23.9 Å². The molecule has 8 heteroatoms. The number of nitrogens with zero attached hydrogens (tertiary/aromatic N) is 2. The molecule has 7 nitrogen and oxygen atoms in total. The van der Waals surface area contributed by atoms with Gasteiger partial charge in [-0.1, -0.05) is 6.07 Å². The summed E-state index contributed by atoms with van der Waals surface area (Å²) in [6, 6.07) is 5.31. The van der Waals surface area contributed by atoms with Gasteiger partial charge in [0.1, 0.15) is 5.82 Å². The number of carboxylic acid groups (broad SMARTS) is 1. The van der Waals surface area contributed by atoms with Crippen molar-refractivity contribution in [3.8, 4) is 0 Å². The van der Waals surface area contributed by atoms with Gasteiger partial charge < -0.3 is 20.2 Å². The molecule has 1 saturated heterocycles. The smallest absolute Gasteiger partial charge is 0.317 e. The Morgan fingerprint density at radius 3 is 2.56 bits per heavy atom. The van der Waals surface area contributed by atoms with Gasteiger partial charge in [-0.3, -0.25) is 9.59 Å². The van der Waals surface area contributed by atoms with Gasteiger partial charge in [0.2, 0.25) is 0 Å². The lowest BCUT2D eigenvalue weighted by atomic mass is 10.2. The topological polar surface area (TPSA) is 89.9 Å². The molecule has 0 saturated carbocycles. The molecular formula is C17H22FN3O4. The van der Waals surface area contributed by atoms with Crippen LogP contribution in [0.5, 0.6) is 0 Å². The number of hydrogen-bond acceptors (Lipinski definition) is 3. The molecule has 1 aliphatic heterocycles. The normalized spacial score (nSPS) is 14.8. The largest absolute Gasteiger partial charge is 0.481 e. The maximum atomic E-state index is 13.3. The van der Waals surface area contributed by atoms with Crippen LogP contribution in [0.2, 0.25) is 0 Å². The van der Waals surface area contributed by atoms with Crippen LogP contribution in [0.1, 0.15) is 29.6 Å². The first kappa shape index (κ1) is 18.7. The number of carboxylic acids is 1. The van der Waals surface area contributed by atoms with Crippen molar-refractivity contribution in [2.75, 3.05) is 32.7 Å². The van der Waals surface area contributed by atoms with Crippen LogP contribution >= 0.6 is 0 Å². The molecule has 0 radical (unpaired) electrons. The Hall–Kier alpha value is -2.64. The van der Waals surface area contributed by atoms with E-state index in [2.05, 4.69) is 5.32 Å². The van der Waals surface area contributed by atoms with E-state index in [0.29, 0.717) is 51.1 Å². The van der Waals surface area contributed by atoms with Crippen LogP contribution in [0, 0.1) is 5.82 Å². The lowest BCUT2D eigenvalue weighted by Gasteiger charge is -2.22. The fourth-order valence-electron chi connectivity index (χ4n) is 2.67. The van der Waals surface area contributed by atoms with Gasteiger partial charge in [0.25, 0.3) is 5.91 Å². The molecular weight excluding hydrogens is 329 g/mol. The van der Waals surface area contributed by atoms with E-state index in [1.54, 1.807) is 15.9 Å². The summed E-state index contributed by atoms with van der Waals surface area (Å²) in [4.78, 5) is 38.2. The zero-order valence-corrected chi connectivity index (χ0v) is 13.9. The predicted molar refractivity (Wildman–Crippen MR) is 88.8 cm³/mol. The monoisotopic (exact) mass is 351 g/mol. The Labute approximate surface area is 145 Å². The Kier molecular flexibility index (Phi) is 6.73. The van der Waals surface area contributed by atoms with E-state index in [9.17, 15) is 18.8 Å². The third-order valence-corrected chi connectivity index (χ3v) is 3.99. The summed E-state index contributed by atoms with van der Waals surface area (Å²) >= 11 is 0. The van der Waals surface area contributed by atoms with Crippen LogP contribution in [0.4, 0.5) is 9.18 Å². The highest BCUT2D eigenvalue weighted by atomic mass is 19.1. The van der Waals surface area contributed by atoms with Gasteiger partial charge >= 0.3 is 12.0 Å². The molecule has 1 heterocycles. The maximum absolute atomic E-state index is 13.3. The number of carbonyl (C=O) groups excluding carboxylic acids is 2. The molecule has 0 bridgehead atoms. The molecule has 0 atom stereocenters. The minimum atomic E-state index is -0.893. The number of amides is 3. The Morgan fingerprint density at radius 1 is 1.12 bits per heavy atom. The van der Waals surface area contributed by atoms with E-state index in [-0.39, 0.29) is 18.4 Å². The number of nitrogens with one attached hydrogen (secondary N) is 1. The lowest BCUT2D eigenvalue weighted by Crippen LogP contribution is -2.43. The highest BCUT2D eigenvalue weighted by molar-refractivity contribution is 5.94. The summed E-state index contributed by atoms with van der Waals surface area (Å²) in [5, 5.41) is 11.3. The van der Waals surface area contributed by atoms with E-state index < -0.39 is 11.8 Å². The van der Waals surface area contributed by atoms with Gasteiger partial charge in [0, 0.05) is 44.7 Å². The van der Waals surface area contributed by atoms with Crippen molar-refractivity contribution in [1.29, 1.82) is 0 Å². The summed E-state index contributed by atoms with van der Waals surface area (Å²) < 4.78 is 13.3. The van der Waals surface area contributed by atoms with Gasteiger partial charge in [-0.05, 0) is 31.0 Å². The lowest BCUT2D eigenvalue weighted by molar-refractivity contribution is -0.137. The molecule has 2 N–H and O–H groups in total. The maximum Gasteiger partial charge on any atom is 0.317 e.